The average Bonchev–Trinajstić information content (AvgIpc) is 3.29. The van der Waals surface area contributed by atoms with Crippen LogP contribution < -0.4 is 19.2 Å². The van der Waals surface area contributed by atoms with E-state index in [0.29, 0.717) is 34.3 Å². The third-order valence-electron chi connectivity index (χ3n) is 6.02. The molecule has 9 nitrogen and oxygen atoms in total. The molecular formula is C25H24ClF2N5O4S. The molecule has 1 aliphatic heterocycles. The number of hydrogen-bond donors (Lipinski definition) is 2. The second-order valence-electron chi connectivity index (χ2n) is 8.75. The van der Waals surface area contributed by atoms with Crippen molar-refractivity contribution in [3.8, 4) is 0 Å². The first-order valence-corrected chi connectivity index (χ1v) is 13.3. The topological polar surface area (TPSA) is 112 Å². The number of aryl methyl sites for hydroxylation is 1. The number of hydrogen-bond acceptors (Lipinski definition) is 5. The molecule has 0 aliphatic carbocycles. The summed E-state index contributed by atoms with van der Waals surface area (Å²) in [5, 5.41) is 2.83. The van der Waals surface area contributed by atoms with Gasteiger partial charge in [0.2, 0.25) is 5.91 Å². The standard InChI is InChI=1S/C25H24ClF2N5O4S/c1-15-10-20(5-6-21(15)26)32(2)24(34)22(13-16-11-18(27)14-19(28)12-16)30-25(35)31-38(36,37)33-9-7-17-4-3-8-29-23(17)33/h3-6,8,10-12,14,22H,7,9,13H2,1-2H3,(H2,30,31,35)/t22-/m0/s1. The zero-order chi connectivity index (χ0) is 27.6. The van der Waals surface area contributed by atoms with Crippen molar-refractivity contribution >= 4 is 45.3 Å². The molecule has 3 aromatic rings. The van der Waals surface area contributed by atoms with Gasteiger partial charge in [-0.25, -0.2) is 27.6 Å². The summed E-state index contributed by atoms with van der Waals surface area (Å²) >= 11 is 6.08. The molecule has 0 saturated carbocycles. The van der Waals surface area contributed by atoms with Crippen molar-refractivity contribution in [1.29, 1.82) is 0 Å². The summed E-state index contributed by atoms with van der Waals surface area (Å²) in [7, 11) is -2.91. The summed E-state index contributed by atoms with van der Waals surface area (Å²) < 4.78 is 56.4. The highest BCUT2D eigenvalue weighted by atomic mass is 35.5. The molecule has 0 spiro atoms. The first kappa shape index (κ1) is 27.3. The van der Waals surface area contributed by atoms with Gasteiger partial charge >= 0.3 is 16.2 Å². The Labute approximate surface area is 223 Å². The molecule has 2 heterocycles. The normalized spacial score (nSPS) is 13.6. The number of fused-ring (bicyclic) bond motifs is 1. The minimum Gasteiger partial charge on any atom is -0.325 e. The first-order chi connectivity index (χ1) is 17.9. The van der Waals surface area contributed by atoms with Gasteiger partial charge in [-0.15, -0.1) is 0 Å². The number of likely N-dealkylation sites (N-methyl/N-ethyl adjacent to an activating group) is 1. The Morgan fingerprint density at radius 1 is 1.16 bits per heavy atom. The Bertz CT molecular complexity index is 1480. The van der Waals surface area contributed by atoms with Crippen molar-refractivity contribution in [2.75, 3.05) is 22.8 Å². The lowest BCUT2D eigenvalue weighted by molar-refractivity contribution is -0.120. The molecule has 3 amide bonds. The Morgan fingerprint density at radius 3 is 2.55 bits per heavy atom. The minimum absolute atomic E-state index is 0.0819. The lowest BCUT2D eigenvalue weighted by Crippen LogP contribution is -2.54. The van der Waals surface area contributed by atoms with Crippen LogP contribution in [0.2, 0.25) is 5.02 Å². The van der Waals surface area contributed by atoms with Gasteiger partial charge in [-0.05, 0) is 66.4 Å². The van der Waals surface area contributed by atoms with E-state index in [2.05, 4.69) is 10.3 Å². The van der Waals surface area contributed by atoms with Crippen LogP contribution in [0, 0.1) is 18.6 Å². The van der Waals surface area contributed by atoms with Crippen LogP contribution in [0.25, 0.3) is 0 Å². The monoisotopic (exact) mass is 563 g/mol. The van der Waals surface area contributed by atoms with E-state index in [1.807, 2.05) is 4.72 Å². The highest BCUT2D eigenvalue weighted by Gasteiger charge is 2.33. The second-order valence-corrected chi connectivity index (χ2v) is 10.8. The number of halogens is 3. The molecule has 13 heteroatoms. The Kier molecular flexibility index (Phi) is 7.83. The van der Waals surface area contributed by atoms with Gasteiger partial charge in [0.25, 0.3) is 0 Å². The van der Waals surface area contributed by atoms with Crippen molar-refractivity contribution < 1.29 is 26.8 Å². The fourth-order valence-corrected chi connectivity index (χ4v) is 5.38. The zero-order valence-electron chi connectivity index (χ0n) is 20.4. The van der Waals surface area contributed by atoms with E-state index in [1.54, 1.807) is 37.3 Å². The quantitative estimate of drug-likeness (QED) is 0.457. The molecule has 0 unspecified atom stereocenters. The van der Waals surface area contributed by atoms with E-state index in [1.165, 1.54) is 18.1 Å². The number of anilines is 2. The summed E-state index contributed by atoms with van der Waals surface area (Å²) in [6.07, 6.45) is 1.54. The fraction of sp³-hybridized carbons (Fsp3) is 0.240. The first-order valence-electron chi connectivity index (χ1n) is 11.5. The van der Waals surface area contributed by atoms with Gasteiger partial charge in [0.1, 0.15) is 23.5 Å². The Morgan fingerprint density at radius 2 is 1.87 bits per heavy atom. The molecule has 1 aliphatic rings. The number of pyridine rings is 1. The lowest BCUT2D eigenvalue weighted by Gasteiger charge is -2.26. The van der Waals surface area contributed by atoms with Gasteiger partial charge in [0.15, 0.2) is 0 Å². The fourth-order valence-electron chi connectivity index (χ4n) is 4.13. The highest BCUT2D eigenvalue weighted by molar-refractivity contribution is 7.91. The summed E-state index contributed by atoms with van der Waals surface area (Å²) in [5.74, 6) is -2.18. The van der Waals surface area contributed by atoms with Gasteiger partial charge in [-0.1, -0.05) is 17.7 Å². The van der Waals surface area contributed by atoms with Crippen molar-refractivity contribution in [3.05, 3.63) is 88.1 Å². The number of carbonyl (C=O) groups is 2. The molecule has 1 aromatic heterocycles. The molecule has 2 aromatic carbocycles. The number of carbonyl (C=O) groups excluding carboxylic acids is 2. The van der Waals surface area contributed by atoms with Crippen molar-refractivity contribution in [3.63, 3.8) is 0 Å². The number of urea groups is 1. The van der Waals surface area contributed by atoms with Crippen LogP contribution in [-0.2, 0) is 27.8 Å². The number of nitrogens with zero attached hydrogens (tertiary/aromatic N) is 3. The van der Waals surface area contributed by atoms with Gasteiger partial charge < -0.3 is 10.2 Å². The molecule has 200 valence electrons. The van der Waals surface area contributed by atoms with Gasteiger partial charge in [0, 0.05) is 43.0 Å². The molecule has 0 radical (unpaired) electrons. The lowest BCUT2D eigenvalue weighted by atomic mass is 10.0. The van der Waals surface area contributed by atoms with Crippen LogP contribution in [0.1, 0.15) is 16.7 Å². The van der Waals surface area contributed by atoms with E-state index in [4.69, 9.17) is 11.6 Å². The molecular weight excluding hydrogens is 540 g/mol. The van der Waals surface area contributed by atoms with E-state index in [-0.39, 0.29) is 24.3 Å². The SMILES string of the molecule is Cc1cc(N(C)C(=O)[C@H](Cc2cc(F)cc(F)c2)NC(=O)NS(=O)(=O)N2CCc3cccnc32)ccc1Cl. The largest absolute Gasteiger partial charge is 0.330 e. The van der Waals surface area contributed by atoms with E-state index >= 15 is 0 Å². The van der Waals surface area contributed by atoms with Crippen LogP contribution in [-0.4, -0.2) is 45.0 Å². The number of amides is 3. The summed E-state index contributed by atoms with van der Waals surface area (Å²) in [6.45, 7) is 1.83. The van der Waals surface area contributed by atoms with Crippen LogP contribution in [0.3, 0.4) is 0 Å². The molecule has 0 bridgehead atoms. The number of aromatic nitrogens is 1. The van der Waals surface area contributed by atoms with Crippen LogP contribution in [0.5, 0.6) is 0 Å². The summed E-state index contributed by atoms with van der Waals surface area (Å²) in [6, 6.07) is 8.42. The van der Waals surface area contributed by atoms with Crippen molar-refractivity contribution in [1.82, 2.24) is 15.0 Å². The molecule has 0 saturated heterocycles. The summed E-state index contributed by atoms with van der Waals surface area (Å²) in [4.78, 5) is 31.6. The van der Waals surface area contributed by atoms with Gasteiger partial charge in [0.05, 0.1) is 0 Å². The zero-order valence-corrected chi connectivity index (χ0v) is 22.0. The van der Waals surface area contributed by atoms with Crippen molar-refractivity contribution in [2.45, 2.75) is 25.8 Å². The van der Waals surface area contributed by atoms with Gasteiger partial charge in [-0.3, -0.25) is 4.79 Å². The number of benzene rings is 2. The third kappa shape index (κ3) is 6.03. The smallest absolute Gasteiger partial charge is 0.325 e. The second kappa shape index (κ2) is 10.9. The third-order valence-corrected chi connectivity index (χ3v) is 7.83. The maximum Gasteiger partial charge on any atom is 0.330 e. The Balaban J connectivity index is 1.57. The molecule has 4 rings (SSSR count). The maximum absolute atomic E-state index is 13.8. The van der Waals surface area contributed by atoms with E-state index in [0.717, 1.165) is 16.4 Å². The summed E-state index contributed by atoms with van der Waals surface area (Å²) in [5.41, 5.74) is 1.94. The molecule has 0 fully saturated rings. The van der Waals surface area contributed by atoms with E-state index in [9.17, 15) is 26.8 Å². The number of rotatable bonds is 7. The molecule has 1 atom stereocenters. The van der Waals surface area contributed by atoms with E-state index < -0.39 is 39.8 Å². The maximum atomic E-state index is 13.8. The molecule has 2 N–H and O–H groups in total. The predicted octanol–water partition coefficient (Wildman–Crippen LogP) is 3.50. The van der Waals surface area contributed by atoms with Crippen LogP contribution >= 0.6 is 11.6 Å². The van der Waals surface area contributed by atoms with Gasteiger partial charge in [-0.2, -0.15) is 8.42 Å². The highest BCUT2D eigenvalue weighted by Crippen LogP contribution is 2.27. The minimum atomic E-state index is -4.36. The Hall–Kier alpha value is -3.77. The van der Waals surface area contributed by atoms with Crippen LogP contribution in [0.15, 0.2) is 54.7 Å². The average molecular weight is 564 g/mol. The van der Waals surface area contributed by atoms with Crippen LogP contribution in [0.4, 0.5) is 25.1 Å². The molecule has 38 heavy (non-hydrogen) atoms. The van der Waals surface area contributed by atoms with Crippen molar-refractivity contribution in [2.24, 2.45) is 0 Å². The predicted molar refractivity (Wildman–Crippen MR) is 139 cm³/mol. The number of nitrogens with one attached hydrogen (secondary N) is 2.